The van der Waals surface area contributed by atoms with Crippen LogP contribution in [0.3, 0.4) is 0 Å². The molecule has 17 heavy (non-hydrogen) atoms. The fraction of sp³-hybridized carbons (Fsp3) is 0.700. The van der Waals surface area contributed by atoms with Crippen molar-refractivity contribution in [2.45, 2.75) is 26.8 Å². The summed E-state index contributed by atoms with van der Waals surface area (Å²) in [6, 6.07) is 0. The minimum atomic E-state index is -3.17. The highest BCUT2D eigenvalue weighted by atomic mass is 32.2. The SMILES string of the molecule is CCNCCCS(=O)(=O)NCc1ncc(C)s1. The largest absolute Gasteiger partial charge is 0.317 e. The molecule has 0 fully saturated rings. The molecule has 0 saturated carbocycles. The molecule has 0 unspecified atom stereocenters. The molecule has 0 atom stereocenters. The van der Waals surface area contributed by atoms with Gasteiger partial charge in [-0.05, 0) is 26.4 Å². The van der Waals surface area contributed by atoms with Gasteiger partial charge in [-0.1, -0.05) is 6.92 Å². The third-order valence-electron chi connectivity index (χ3n) is 2.13. The lowest BCUT2D eigenvalue weighted by Gasteiger charge is -2.05. The van der Waals surface area contributed by atoms with Gasteiger partial charge in [0.25, 0.3) is 0 Å². The van der Waals surface area contributed by atoms with E-state index in [2.05, 4.69) is 15.0 Å². The zero-order chi connectivity index (χ0) is 12.7. The van der Waals surface area contributed by atoms with E-state index in [4.69, 9.17) is 0 Å². The first-order valence-electron chi connectivity index (χ1n) is 5.63. The summed E-state index contributed by atoms with van der Waals surface area (Å²) in [7, 11) is -3.17. The second-order valence-electron chi connectivity index (χ2n) is 3.71. The summed E-state index contributed by atoms with van der Waals surface area (Å²) < 4.78 is 25.8. The van der Waals surface area contributed by atoms with Crippen LogP contribution < -0.4 is 10.0 Å². The van der Waals surface area contributed by atoms with Crippen molar-refractivity contribution in [3.63, 3.8) is 0 Å². The molecule has 1 aromatic rings. The molecule has 1 heterocycles. The van der Waals surface area contributed by atoms with Gasteiger partial charge in [0.05, 0.1) is 12.3 Å². The van der Waals surface area contributed by atoms with E-state index >= 15 is 0 Å². The molecule has 2 N–H and O–H groups in total. The van der Waals surface area contributed by atoms with E-state index in [1.807, 2.05) is 13.8 Å². The zero-order valence-electron chi connectivity index (χ0n) is 10.2. The number of sulfonamides is 1. The average molecular weight is 277 g/mol. The maximum absolute atomic E-state index is 11.6. The van der Waals surface area contributed by atoms with Crippen molar-refractivity contribution < 1.29 is 8.42 Å². The molecule has 0 aliphatic heterocycles. The quantitative estimate of drug-likeness (QED) is 0.692. The lowest BCUT2D eigenvalue weighted by atomic mass is 10.5. The normalized spacial score (nSPS) is 11.9. The van der Waals surface area contributed by atoms with Crippen LogP contribution in [0, 0.1) is 6.92 Å². The monoisotopic (exact) mass is 277 g/mol. The molecule has 0 aliphatic carbocycles. The number of thiazole rings is 1. The van der Waals surface area contributed by atoms with E-state index < -0.39 is 10.0 Å². The van der Waals surface area contributed by atoms with Gasteiger partial charge < -0.3 is 5.32 Å². The van der Waals surface area contributed by atoms with Crippen LogP contribution in [-0.2, 0) is 16.6 Å². The second kappa shape index (κ2) is 7.05. The Bertz CT molecular complexity index is 429. The maximum atomic E-state index is 11.6. The van der Waals surface area contributed by atoms with Gasteiger partial charge in [0.15, 0.2) is 0 Å². The van der Waals surface area contributed by atoms with Crippen molar-refractivity contribution >= 4 is 21.4 Å². The predicted octanol–water partition coefficient (Wildman–Crippen LogP) is 0.871. The molecular weight excluding hydrogens is 258 g/mol. The molecule has 0 radical (unpaired) electrons. The van der Waals surface area contributed by atoms with E-state index in [0.717, 1.165) is 23.0 Å². The molecule has 1 aromatic heterocycles. The van der Waals surface area contributed by atoms with Crippen LogP contribution >= 0.6 is 11.3 Å². The highest BCUT2D eigenvalue weighted by Crippen LogP contribution is 2.10. The fourth-order valence-corrected chi connectivity index (χ4v) is 3.13. The summed E-state index contributed by atoms with van der Waals surface area (Å²) in [4.78, 5) is 5.20. The van der Waals surface area contributed by atoms with Gasteiger partial charge in [-0.25, -0.2) is 18.1 Å². The van der Waals surface area contributed by atoms with E-state index in [1.165, 1.54) is 11.3 Å². The Kier molecular flexibility index (Phi) is 6.04. The minimum Gasteiger partial charge on any atom is -0.317 e. The highest BCUT2D eigenvalue weighted by Gasteiger charge is 2.10. The first-order valence-corrected chi connectivity index (χ1v) is 8.09. The second-order valence-corrected chi connectivity index (χ2v) is 6.96. The van der Waals surface area contributed by atoms with Crippen LogP contribution in [0.1, 0.15) is 23.2 Å². The summed E-state index contributed by atoms with van der Waals surface area (Å²) in [5.41, 5.74) is 0. The van der Waals surface area contributed by atoms with Crippen molar-refractivity contribution in [1.29, 1.82) is 0 Å². The Morgan fingerprint density at radius 3 is 2.82 bits per heavy atom. The molecule has 0 aromatic carbocycles. The topological polar surface area (TPSA) is 71.1 Å². The fourth-order valence-electron chi connectivity index (χ4n) is 1.29. The molecule has 0 bridgehead atoms. The summed E-state index contributed by atoms with van der Waals surface area (Å²) >= 11 is 1.51. The smallest absolute Gasteiger partial charge is 0.212 e. The van der Waals surface area contributed by atoms with Crippen molar-refractivity contribution in [3.05, 3.63) is 16.1 Å². The number of hydrogen-bond donors (Lipinski definition) is 2. The lowest BCUT2D eigenvalue weighted by molar-refractivity contribution is 0.575. The van der Waals surface area contributed by atoms with Crippen molar-refractivity contribution in [2.75, 3.05) is 18.8 Å². The van der Waals surface area contributed by atoms with Crippen LogP contribution in [-0.4, -0.2) is 32.2 Å². The third-order valence-corrected chi connectivity index (χ3v) is 4.45. The Labute approximate surface area is 107 Å². The maximum Gasteiger partial charge on any atom is 0.212 e. The van der Waals surface area contributed by atoms with Crippen LogP contribution in [0.25, 0.3) is 0 Å². The Balaban J connectivity index is 2.29. The van der Waals surface area contributed by atoms with Crippen LogP contribution in [0.15, 0.2) is 6.20 Å². The minimum absolute atomic E-state index is 0.157. The van der Waals surface area contributed by atoms with Crippen molar-refractivity contribution in [3.8, 4) is 0 Å². The van der Waals surface area contributed by atoms with E-state index in [9.17, 15) is 8.42 Å². The van der Waals surface area contributed by atoms with E-state index in [1.54, 1.807) is 6.20 Å². The number of aryl methyl sites for hydroxylation is 1. The van der Waals surface area contributed by atoms with Gasteiger partial charge in [-0.3, -0.25) is 0 Å². The Hall–Kier alpha value is -0.500. The molecular formula is C10H19N3O2S2. The van der Waals surface area contributed by atoms with Crippen molar-refractivity contribution in [1.82, 2.24) is 15.0 Å². The molecule has 5 nitrogen and oxygen atoms in total. The summed E-state index contributed by atoms with van der Waals surface area (Å²) in [5, 5.41) is 3.90. The molecule has 1 rings (SSSR count). The van der Waals surface area contributed by atoms with Crippen LogP contribution in [0.2, 0.25) is 0 Å². The molecule has 0 spiro atoms. The van der Waals surface area contributed by atoms with Gasteiger partial charge in [0, 0.05) is 11.1 Å². The van der Waals surface area contributed by atoms with Crippen LogP contribution in [0.4, 0.5) is 0 Å². The molecule has 98 valence electrons. The number of aromatic nitrogens is 1. The van der Waals surface area contributed by atoms with Gasteiger partial charge in [-0.2, -0.15) is 0 Å². The average Bonchev–Trinajstić information content (AvgIpc) is 2.68. The third kappa shape index (κ3) is 6.11. The summed E-state index contributed by atoms with van der Waals surface area (Å²) in [5.74, 6) is 0.157. The lowest BCUT2D eigenvalue weighted by Crippen LogP contribution is -2.27. The van der Waals surface area contributed by atoms with Crippen molar-refractivity contribution in [2.24, 2.45) is 0 Å². The summed E-state index contributed by atoms with van der Waals surface area (Å²) in [6.07, 6.45) is 2.37. The first-order chi connectivity index (χ1) is 8.03. The van der Waals surface area contributed by atoms with Gasteiger partial charge >= 0.3 is 0 Å². The first kappa shape index (κ1) is 14.6. The van der Waals surface area contributed by atoms with Gasteiger partial charge in [0.2, 0.25) is 10.0 Å². The van der Waals surface area contributed by atoms with E-state index in [-0.39, 0.29) is 5.75 Å². The summed E-state index contributed by atoms with van der Waals surface area (Å²) in [6.45, 7) is 5.84. The standard InChI is InChI=1S/C10H19N3O2S2/c1-3-11-5-4-6-17(14,15)13-8-10-12-7-9(2)16-10/h7,11,13H,3-6,8H2,1-2H3. The molecule has 0 aliphatic rings. The number of nitrogens with one attached hydrogen (secondary N) is 2. The number of rotatable bonds is 8. The zero-order valence-corrected chi connectivity index (χ0v) is 11.8. The Morgan fingerprint density at radius 1 is 1.47 bits per heavy atom. The molecule has 0 amide bonds. The number of hydrogen-bond acceptors (Lipinski definition) is 5. The van der Waals surface area contributed by atoms with E-state index in [0.29, 0.717) is 13.0 Å². The Morgan fingerprint density at radius 2 is 2.24 bits per heavy atom. The van der Waals surface area contributed by atoms with Gasteiger partial charge in [0.1, 0.15) is 5.01 Å². The predicted molar refractivity (Wildman–Crippen MR) is 70.6 cm³/mol. The molecule has 0 saturated heterocycles. The van der Waals surface area contributed by atoms with Gasteiger partial charge in [-0.15, -0.1) is 11.3 Å². The van der Waals surface area contributed by atoms with Crippen LogP contribution in [0.5, 0.6) is 0 Å². The highest BCUT2D eigenvalue weighted by molar-refractivity contribution is 7.89. The number of nitrogens with zero attached hydrogens (tertiary/aromatic N) is 1. The molecule has 7 heteroatoms.